The number of likely N-dealkylation sites (N-methyl/N-ethyl adjacent to an activating group) is 1. The Hall–Kier alpha value is -2.99. The van der Waals surface area contributed by atoms with Gasteiger partial charge in [-0.1, -0.05) is 23.7 Å². The van der Waals surface area contributed by atoms with Crippen molar-refractivity contribution in [3.05, 3.63) is 87.7 Å². The predicted molar refractivity (Wildman–Crippen MR) is 102 cm³/mol. The zero-order valence-electron chi connectivity index (χ0n) is 14.8. The second kappa shape index (κ2) is 8.60. The Morgan fingerprint density at radius 2 is 2.04 bits per heavy atom. The molecule has 7 heteroatoms. The first-order chi connectivity index (χ1) is 13.0. The van der Waals surface area contributed by atoms with Gasteiger partial charge in [0.25, 0.3) is 11.5 Å². The molecule has 0 aliphatic carbocycles. The Kier molecular flexibility index (Phi) is 5.98. The maximum Gasteiger partial charge on any atom is 0.289 e. The summed E-state index contributed by atoms with van der Waals surface area (Å²) in [5, 5.41) is 0.595. The number of halogens is 1. The number of furan rings is 1. The van der Waals surface area contributed by atoms with Gasteiger partial charge in [-0.05, 0) is 36.4 Å². The topological polar surface area (TPSA) is 64.7 Å². The molecule has 2 aromatic heterocycles. The number of rotatable bonds is 7. The van der Waals surface area contributed by atoms with Crippen LogP contribution >= 0.6 is 11.6 Å². The van der Waals surface area contributed by atoms with Crippen LogP contribution in [0.3, 0.4) is 0 Å². The molecular formula is C20H19ClN2O4. The van der Waals surface area contributed by atoms with Crippen molar-refractivity contribution in [1.82, 2.24) is 9.47 Å². The molecule has 0 unspecified atom stereocenters. The van der Waals surface area contributed by atoms with Crippen LogP contribution in [0.5, 0.6) is 5.75 Å². The number of carbonyl (C=O) groups excluding carboxylic acids is 1. The van der Waals surface area contributed by atoms with E-state index in [0.717, 1.165) is 0 Å². The van der Waals surface area contributed by atoms with Crippen molar-refractivity contribution in [1.29, 1.82) is 0 Å². The molecule has 27 heavy (non-hydrogen) atoms. The summed E-state index contributed by atoms with van der Waals surface area (Å²) in [5.74, 6) is 1.16. The van der Waals surface area contributed by atoms with E-state index >= 15 is 0 Å². The zero-order chi connectivity index (χ0) is 19.2. The lowest BCUT2D eigenvalue weighted by Gasteiger charge is -2.16. The van der Waals surface area contributed by atoms with E-state index in [9.17, 15) is 9.59 Å². The normalized spacial score (nSPS) is 10.6. The third-order valence-electron chi connectivity index (χ3n) is 3.94. The number of ether oxygens (including phenoxy) is 1. The maximum atomic E-state index is 12.5. The first-order valence-electron chi connectivity index (χ1n) is 8.41. The van der Waals surface area contributed by atoms with Gasteiger partial charge in [0.15, 0.2) is 5.76 Å². The average Bonchev–Trinajstić information content (AvgIpc) is 3.11. The Labute approximate surface area is 161 Å². The summed E-state index contributed by atoms with van der Waals surface area (Å²) in [6.45, 7) is 0.990. The lowest BCUT2D eigenvalue weighted by molar-refractivity contribution is 0.0740. The largest absolute Gasteiger partial charge is 0.492 e. The van der Waals surface area contributed by atoms with Crippen molar-refractivity contribution in [3.8, 4) is 5.75 Å². The summed E-state index contributed by atoms with van der Waals surface area (Å²) in [4.78, 5) is 25.7. The molecule has 0 aliphatic heterocycles. The minimum atomic E-state index is -0.253. The Morgan fingerprint density at radius 3 is 2.81 bits per heavy atom. The molecule has 6 nitrogen and oxygen atoms in total. The molecule has 0 saturated carbocycles. The van der Waals surface area contributed by atoms with Crippen molar-refractivity contribution >= 4 is 17.5 Å². The number of pyridine rings is 1. The molecule has 3 aromatic rings. The van der Waals surface area contributed by atoms with Gasteiger partial charge in [0.1, 0.15) is 18.1 Å². The van der Waals surface area contributed by atoms with Gasteiger partial charge in [-0.3, -0.25) is 9.59 Å². The first-order valence-corrected chi connectivity index (χ1v) is 8.79. The summed E-state index contributed by atoms with van der Waals surface area (Å²) in [5.41, 5.74) is -0.128. The Balaban J connectivity index is 1.55. The van der Waals surface area contributed by atoms with Crippen LogP contribution in [0, 0.1) is 0 Å². The molecule has 1 aromatic carbocycles. The SMILES string of the molecule is CN(CCOc1cccc(Cl)c1)C(=O)c1ccc(Cn2ccccc2=O)o1. The van der Waals surface area contributed by atoms with E-state index < -0.39 is 0 Å². The number of benzene rings is 1. The number of amides is 1. The fourth-order valence-electron chi connectivity index (χ4n) is 2.48. The minimum Gasteiger partial charge on any atom is -0.492 e. The molecule has 3 rings (SSSR count). The molecule has 0 atom stereocenters. The molecule has 0 saturated heterocycles. The predicted octanol–water partition coefficient (Wildman–Crippen LogP) is 3.29. The van der Waals surface area contributed by atoms with Crippen LogP contribution in [0.4, 0.5) is 0 Å². The molecule has 0 N–H and O–H groups in total. The van der Waals surface area contributed by atoms with Crippen LogP contribution in [0.15, 0.2) is 70.0 Å². The summed E-state index contributed by atoms with van der Waals surface area (Å²) in [7, 11) is 1.67. The van der Waals surface area contributed by atoms with Crippen LogP contribution in [-0.2, 0) is 6.54 Å². The van der Waals surface area contributed by atoms with Gasteiger partial charge < -0.3 is 18.6 Å². The van der Waals surface area contributed by atoms with Crippen LogP contribution in [0.1, 0.15) is 16.3 Å². The standard InChI is InChI=1S/C20H19ClN2O4/c1-22(11-12-26-16-6-4-5-15(21)13-16)20(25)18-9-8-17(27-18)14-23-10-3-2-7-19(23)24/h2-10,13H,11-12,14H2,1H3. The third-order valence-corrected chi connectivity index (χ3v) is 4.17. The zero-order valence-corrected chi connectivity index (χ0v) is 15.6. The number of carbonyl (C=O) groups is 1. The summed E-state index contributed by atoms with van der Waals surface area (Å²) in [6, 6.07) is 15.3. The second-order valence-corrected chi connectivity index (χ2v) is 6.40. The van der Waals surface area contributed by atoms with E-state index in [1.807, 2.05) is 0 Å². The van der Waals surface area contributed by atoms with Crippen LogP contribution in [0.25, 0.3) is 0 Å². The molecule has 140 valence electrons. The highest BCUT2D eigenvalue weighted by atomic mass is 35.5. The fourth-order valence-corrected chi connectivity index (χ4v) is 2.66. The van der Waals surface area contributed by atoms with Gasteiger partial charge in [-0.2, -0.15) is 0 Å². The number of aromatic nitrogens is 1. The highest BCUT2D eigenvalue weighted by Crippen LogP contribution is 2.17. The van der Waals surface area contributed by atoms with Gasteiger partial charge >= 0.3 is 0 Å². The van der Waals surface area contributed by atoms with Gasteiger partial charge in [-0.15, -0.1) is 0 Å². The molecule has 1 amide bonds. The summed E-state index contributed by atoms with van der Waals surface area (Å²) >= 11 is 5.91. The number of nitrogens with zero attached hydrogens (tertiary/aromatic N) is 2. The Bertz CT molecular complexity index is 980. The fraction of sp³-hybridized carbons (Fsp3) is 0.200. The van der Waals surface area contributed by atoms with Gasteiger partial charge in [0.2, 0.25) is 0 Å². The monoisotopic (exact) mass is 386 g/mol. The molecule has 0 radical (unpaired) electrons. The van der Waals surface area contributed by atoms with E-state index in [1.165, 1.54) is 15.5 Å². The van der Waals surface area contributed by atoms with Crippen molar-refractivity contribution in [2.75, 3.05) is 20.2 Å². The Morgan fingerprint density at radius 1 is 1.19 bits per heavy atom. The number of hydrogen-bond acceptors (Lipinski definition) is 4. The highest BCUT2D eigenvalue weighted by Gasteiger charge is 2.16. The van der Waals surface area contributed by atoms with Crippen molar-refractivity contribution < 1.29 is 13.9 Å². The summed E-state index contributed by atoms with van der Waals surface area (Å²) in [6.07, 6.45) is 1.67. The summed E-state index contributed by atoms with van der Waals surface area (Å²) < 4.78 is 12.7. The molecule has 0 aliphatic rings. The van der Waals surface area contributed by atoms with Gasteiger partial charge in [-0.25, -0.2) is 0 Å². The molecule has 0 fully saturated rings. The average molecular weight is 387 g/mol. The lowest BCUT2D eigenvalue weighted by Crippen LogP contribution is -2.30. The number of hydrogen-bond donors (Lipinski definition) is 0. The smallest absolute Gasteiger partial charge is 0.289 e. The maximum absolute atomic E-state index is 12.5. The molecular weight excluding hydrogens is 368 g/mol. The molecule has 2 heterocycles. The first kappa shape index (κ1) is 18.8. The quantitative estimate of drug-likeness (QED) is 0.625. The lowest BCUT2D eigenvalue weighted by atomic mass is 10.3. The van der Waals surface area contributed by atoms with Crippen molar-refractivity contribution in [2.45, 2.75) is 6.54 Å². The van der Waals surface area contributed by atoms with Crippen LogP contribution in [-0.4, -0.2) is 35.6 Å². The third kappa shape index (κ3) is 5.01. The minimum absolute atomic E-state index is 0.128. The van der Waals surface area contributed by atoms with Gasteiger partial charge in [0, 0.05) is 24.3 Å². The molecule has 0 bridgehead atoms. The van der Waals surface area contributed by atoms with Crippen LogP contribution in [0.2, 0.25) is 5.02 Å². The van der Waals surface area contributed by atoms with E-state index in [-0.39, 0.29) is 23.8 Å². The van der Waals surface area contributed by atoms with E-state index in [2.05, 4.69) is 0 Å². The van der Waals surface area contributed by atoms with E-state index in [1.54, 1.807) is 61.8 Å². The highest BCUT2D eigenvalue weighted by molar-refractivity contribution is 6.30. The van der Waals surface area contributed by atoms with Gasteiger partial charge in [0.05, 0.1) is 13.1 Å². The van der Waals surface area contributed by atoms with E-state index in [4.69, 9.17) is 20.8 Å². The van der Waals surface area contributed by atoms with Crippen molar-refractivity contribution in [2.24, 2.45) is 0 Å². The molecule has 0 spiro atoms. The second-order valence-electron chi connectivity index (χ2n) is 5.97. The van der Waals surface area contributed by atoms with Crippen LogP contribution < -0.4 is 10.3 Å². The van der Waals surface area contributed by atoms with E-state index in [0.29, 0.717) is 29.7 Å². The van der Waals surface area contributed by atoms with Crippen molar-refractivity contribution in [3.63, 3.8) is 0 Å².